The van der Waals surface area contributed by atoms with Crippen molar-refractivity contribution in [1.82, 2.24) is 0 Å². The Bertz CT molecular complexity index is 976. The van der Waals surface area contributed by atoms with Crippen LogP contribution in [0.4, 0.5) is 0 Å². The smallest absolute Gasteiger partial charge is 0.264 e. The van der Waals surface area contributed by atoms with Crippen LogP contribution in [0.1, 0.15) is 92.9 Å². The summed E-state index contributed by atoms with van der Waals surface area (Å²) in [5.41, 5.74) is 2.80. The van der Waals surface area contributed by atoms with E-state index in [-0.39, 0.29) is 16.9 Å². The molecule has 0 bridgehead atoms. The van der Waals surface area contributed by atoms with Gasteiger partial charge in [-0.15, -0.1) is 0 Å². The summed E-state index contributed by atoms with van der Waals surface area (Å²) >= 11 is 0. The lowest BCUT2D eigenvalue weighted by Gasteiger charge is -2.56. The Morgan fingerprint density at radius 3 is 2.38 bits per heavy atom. The number of fused-ring (bicyclic) bond motifs is 4. The number of rotatable bonds is 6. The molecule has 3 saturated carbocycles. The van der Waals surface area contributed by atoms with Gasteiger partial charge < -0.3 is 0 Å². The minimum absolute atomic E-state index is 0.00641. The number of hydrogen-bond acceptors (Lipinski definition) is 4. The minimum atomic E-state index is -3.42. The molecule has 4 aliphatic rings. The molecule has 3 fully saturated rings. The van der Waals surface area contributed by atoms with Crippen LogP contribution in [0.25, 0.3) is 0 Å². The summed E-state index contributed by atoms with van der Waals surface area (Å²) in [6.45, 7) is 13.9. The third-order valence-electron chi connectivity index (χ3n) is 10.5. The molecule has 0 N–H and O–H groups in total. The number of hydrogen-bond donors (Lipinski definition) is 0. The van der Waals surface area contributed by atoms with Crippen LogP contribution in [0, 0.1) is 46.3 Å². The molecule has 4 rings (SSSR count). The number of allylic oxidation sites excluding steroid dienone is 4. The molecule has 0 radical (unpaired) electrons. The number of carbonyl (C=O) groups excluding carboxylic acids is 1. The van der Waals surface area contributed by atoms with Gasteiger partial charge in [0.25, 0.3) is 10.1 Å². The van der Waals surface area contributed by atoms with Gasteiger partial charge >= 0.3 is 0 Å². The SMILES string of the molecule is CC(C)C(C)C=C[C@@H](C)[C@H]1CC(=O)C2=C3CC[C@H]4C[C@@H](OS(C)(=O)=O)CC[C@]4(C)[C@H]3CC[C@@]21C. The normalized spacial score (nSPS) is 40.3. The highest BCUT2D eigenvalue weighted by Crippen LogP contribution is 2.65. The minimum Gasteiger partial charge on any atom is -0.295 e. The molecule has 4 aliphatic carbocycles. The van der Waals surface area contributed by atoms with E-state index in [0.29, 0.717) is 47.7 Å². The van der Waals surface area contributed by atoms with Crippen molar-refractivity contribution in [2.24, 2.45) is 46.3 Å². The zero-order valence-corrected chi connectivity index (χ0v) is 23.2. The molecule has 0 spiro atoms. The third kappa shape index (κ3) is 4.61. The average Bonchev–Trinajstić information content (AvgIpc) is 3.01. The van der Waals surface area contributed by atoms with Crippen LogP contribution in [0.3, 0.4) is 0 Å². The second-order valence-corrected chi connectivity index (χ2v) is 14.5. The van der Waals surface area contributed by atoms with Crippen molar-refractivity contribution in [3.05, 3.63) is 23.3 Å². The van der Waals surface area contributed by atoms with Gasteiger partial charge in [-0.3, -0.25) is 8.98 Å². The zero-order valence-electron chi connectivity index (χ0n) is 22.4. The van der Waals surface area contributed by atoms with E-state index >= 15 is 0 Å². The van der Waals surface area contributed by atoms with Crippen LogP contribution in [0.2, 0.25) is 0 Å². The van der Waals surface area contributed by atoms with E-state index in [0.717, 1.165) is 51.2 Å². The summed E-state index contributed by atoms with van der Waals surface area (Å²) in [5.74, 6) is 3.31. The van der Waals surface area contributed by atoms with Gasteiger partial charge in [0.15, 0.2) is 5.78 Å². The zero-order chi connectivity index (χ0) is 25.1. The van der Waals surface area contributed by atoms with E-state index in [1.54, 1.807) is 0 Å². The van der Waals surface area contributed by atoms with Crippen LogP contribution in [-0.4, -0.2) is 26.6 Å². The Balaban J connectivity index is 1.58. The predicted molar refractivity (Wildman–Crippen MR) is 138 cm³/mol. The molecule has 0 aromatic heterocycles. The fraction of sp³-hybridized carbons (Fsp3) is 0.828. The lowest BCUT2D eigenvalue weighted by Crippen LogP contribution is -2.49. The van der Waals surface area contributed by atoms with Crippen LogP contribution in [0.15, 0.2) is 23.3 Å². The molecule has 0 heterocycles. The maximum Gasteiger partial charge on any atom is 0.264 e. The van der Waals surface area contributed by atoms with Gasteiger partial charge in [0.05, 0.1) is 12.4 Å². The first-order chi connectivity index (χ1) is 15.8. The van der Waals surface area contributed by atoms with Gasteiger partial charge in [0.2, 0.25) is 0 Å². The number of carbonyl (C=O) groups is 1. The van der Waals surface area contributed by atoms with Gasteiger partial charge in [-0.2, -0.15) is 8.42 Å². The Kier molecular flexibility index (Phi) is 7.05. The van der Waals surface area contributed by atoms with Gasteiger partial charge in [-0.05, 0) is 91.3 Å². The summed E-state index contributed by atoms with van der Waals surface area (Å²) in [6, 6.07) is 0. The second-order valence-electron chi connectivity index (χ2n) is 12.9. The van der Waals surface area contributed by atoms with Crippen LogP contribution in [0.5, 0.6) is 0 Å². The fourth-order valence-corrected chi connectivity index (χ4v) is 8.80. The van der Waals surface area contributed by atoms with E-state index < -0.39 is 10.1 Å². The van der Waals surface area contributed by atoms with E-state index in [1.807, 2.05) is 0 Å². The highest BCUT2D eigenvalue weighted by Gasteiger charge is 2.58. The maximum atomic E-state index is 13.5. The second kappa shape index (κ2) is 9.18. The van der Waals surface area contributed by atoms with Gasteiger partial charge in [0.1, 0.15) is 0 Å². The summed E-state index contributed by atoms with van der Waals surface area (Å²) in [4.78, 5) is 13.5. The van der Waals surface area contributed by atoms with Crippen LogP contribution < -0.4 is 0 Å². The summed E-state index contributed by atoms with van der Waals surface area (Å²) in [6.07, 6.45) is 13.3. The molecule has 5 heteroatoms. The summed E-state index contributed by atoms with van der Waals surface area (Å²) < 4.78 is 28.8. The molecular formula is C29H46O4S. The molecule has 1 unspecified atom stereocenters. The van der Waals surface area contributed by atoms with E-state index in [9.17, 15) is 13.2 Å². The Hall–Kier alpha value is -0.940. The largest absolute Gasteiger partial charge is 0.295 e. The standard InChI is InChI=1S/C29H46O4S/c1-18(2)19(3)8-9-20(4)25-17-26(30)27-23-11-10-21-16-22(33-34(7,31)32)12-14-28(21,5)24(23)13-15-29(25,27)6/h8-9,18-22,24-25H,10-17H2,1-7H3/t19?,20-,21+,22+,24+,25-,28+,29-/m1/s1. The molecule has 34 heavy (non-hydrogen) atoms. The fourth-order valence-electron chi connectivity index (χ4n) is 8.13. The molecule has 0 amide bonds. The molecule has 0 aliphatic heterocycles. The molecule has 0 saturated heterocycles. The van der Waals surface area contributed by atoms with E-state index in [1.165, 1.54) is 11.1 Å². The Morgan fingerprint density at radius 1 is 1.03 bits per heavy atom. The number of Topliss-reactive ketones (excluding diaryl/α,β-unsaturated/α-hetero) is 1. The van der Waals surface area contributed by atoms with Crippen molar-refractivity contribution in [1.29, 1.82) is 0 Å². The first-order valence-electron chi connectivity index (χ1n) is 13.6. The lowest BCUT2D eigenvalue weighted by atomic mass is 9.49. The average molecular weight is 491 g/mol. The van der Waals surface area contributed by atoms with Gasteiger partial charge in [-0.25, -0.2) is 0 Å². The van der Waals surface area contributed by atoms with Crippen molar-refractivity contribution in [2.45, 2.75) is 99.0 Å². The lowest BCUT2D eigenvalue weighted by molar-refractivity contribution is -0.115. The monoisotopic (exact) mass is 490 g/mol. The maximum absolute atomic E-state index is 13.5. The molecule has 4 nitrogen and oxygen atoms in total. The third-order valence-corrected chi connectivity index (χ3v) is 11.1. The molecule has 8 atom stereocenters. The number of ketones is 1. The molecule has 192 valence electrons. The predicted octanol–water partition coefficient (Wildman–Crippen LogP) is 6.72. The molecule has 0 aromatic carbocycles. The van der Waals surface area contributed by atoms with Crippen LogP contribution in [-0.2, 0) is 19.1 Å². The molecule has 0 aromatic rings. The topological polar surface area (TPSA) is 60.4 Å². The van der Waals surface area contributed by atoms with Crippen molar-refractivity contribution >= 4 is 15.9 Å². The highest BCUT2D eigenvalue weighted by molar-refractivity contribution is 7.86. The van der Waals surface area contributed by atoms with Crippen molar-refractivity contribution in [2.75, 3.05) is 6.26 Å². The molecular weight excluding hydrogens is 444 g/mol. The van der Waals surface area contributed by atoms with Gasteiger partial charge in [-0.1, -0.05) is 59.3 Å². The first-order valence-corrected chi connectivity index (χ1v) is 15.4. The Labute approximate surface area is 208 Å². The first kappa shape index (κ1) is 26.1. The Morgan fingerprint density at radius 2 is 1.74 bits per heavy atom. The van der Waals surface area contributed by atoms with Crippen molar-refractivity contribution < 1.29 is 17.4 Å². The van der Waals surface area contributed by atoms with Crippen molar-refractivity contribution in [3.63, 3.8) is 0 Å². The van der Waals surface area contributed by atoms with Crippen LogP contribution >= 0.6 is 0 Å². The summed E-state index contributed by atoms with van der Waals surface area (Å²) in [5, 5.41) is 0. The highest BCUT2D eigenvalue weighted by atomic mass is 32.2. The van der Waals surface area contributed by atoms with E-state index in [2.05, 4.69) is 53.7 Å². The van der Waals surface area contributed by atoms with E-state index in [4.69, 9.17) is 4.18 Å². The summed E-state index contributed by atoms with van der Waals surface area (Å²) in [7, 11) is -3.42. The van der Waals surface area contributed by atoms with Gasteiger partial charge in [0, 0.05) is 12.0 Å². The quantitative estimate of drug-likeness (QED) is 0.306. The van der Waals surface area contributed by atoms with Crippen molar-refractivity contribution in [3.8, 4) is 0 Å².